The van der Waals surface area contributed by atoms with Gasteiger partial charge in [-0.1, -0.05) is 6.42 Å². The summed E-state index contributed by atoms with van der Waals surface area (Å²) in [6, 6.07) is 3.28. The molecule has 1 heterocycles. The second-order valence-corrected chi connectivity index (χ2v) is 4.22. The van der Waals surface area contributed by atoms with Gasteiger partial charge in [0.05, 0.1) is 11.4 Å². The van der Waals surface area contributed by atoms with Gasteiger partial charge in [-0.25, -0.2) is 4.79 Å². The topological polar surface area (TPSA) is 91.3 Å². The molecule has 0 aliphatic heterocycles. The van der Waals surface area contributed by atoms with Gasteiger partial charge in [0.15, 0.2) is 0 Å². The van der Waals surface area contributed by atoms with E-state index in [9.17, 15) is 9.59 Å². The van der Waals surface area contributed by atoms with Gasteiger partial charge in [-0.15, -0.1) is 0 Å². The van der Waals surface area contributed by atoms with Crippen LogP contribution in [0.1, 0.15) is 31.4 Å². The zero-order valence-corrected chi connectivity index (χ0v) is 11.0. The first-order valence-corrected chi connectivity index (χ1v) is 6.28. The van der Waals surface area contributed by atoms with E-state index in [1.54, 1.807) is 18.3 Å². The number of pyridine rings is 1. The van der Waals surface area contributed by atoms with Crippen molar-refractivity contribution in [3.63, 3.8) is 0 Å². The van der Waals surface area contributed by atoms with Gasteiger partial charge in [0.25, 0.3) is 0 Å². The number of carbonyl (C=O) groups excluding carboxylic acids is 1. The second kappa shape index (κ2) is 8.07. The van der Waals surface area contributed by atoms with E-state index >= 15 is 0 Å². The van der Waals surface area contributed by atoms with E-state index < -0.39 is 5.97 Å². The smallest absolute Gasteiger partial charge is 0.319 e. The van der Waals surface area contributed by atoms with Gasteiger partial charge in [-0.2, -0.15) is 0 Å². The number of aliphatic carboxylic acids is 1. The van der Waals surface area contributed by atoms with Crippen LogP contribution in [0, 0.1) is 6.92 Å². The molecule has 0 saturated heterocycles. The molecule has 6 nitrogen and oxygen atoms in total. The van der Waals surface area contributed by atoms with Gasteiger partial charge in [-0.3, -0.25) is 9.78 Å². The van der Waals surface area contributed by atoms with E-state index in [0.717, 1.165) is 18.5 Å². The first-order valence-electron chi connectivity index (χ1n) is 6.28. The van der Waals surface area contributed by atoms with Crippen molar-refractivity contribution in [1.82, 2.24) is 10.3 Å². The monoisotopic (exact) mass is 265 g/mol. The summed E-state index contributed by atoms with van der Waals surface area (Å²) in [5.41, 5.74) is 1.45. The lowest BCUT2D eigenvalue weighted by Crippen LogP contribution is -2.29. The summed E-state index contributed by atoms with van der Waals surface area (Å²) in [4.78, 5) is 25.9. The van der Waals surface area contributed by atoms with Crippen LogP contribution in [0.25, 0.3) is 0 Å². The predicted octanol–water partition coefficient (Wildman–Crippen LogP) is 2.16. The number of nitrogens with zero attached hydrogens (tertiary/aromatic N) is 1. The van der Waals surface area contributed by atoms with Crippen LogP contribution in [0.2, 0.25) is 0 Å². The Bertz CT molecular complexity index is 435. The summed E-state index contributed by atoms with van der Waals surface area (Å²) in [6.07, 6.45) is 4.05. The van der Waals surface area contributed by atoms with Crippen molar-refractivity contribution in [2.24, 2.45) is 0 Å². The maximum Gasteiger partial charge on any atom is 0.319 e. The van der Waals surface area contributed by atoms with Crippen LogP contribution in [-0.2, 0) is 4.79 Å². The molecule has 104 valence electrons. The quantitative estimate of drug-likeness (QED) is 0.659. The first-order chi connectivity index (χ1) is 9.09. The summed E-state index contributed by atoms with van der Waals surface area (Å²) in [7, 11) is 0. The Kier molecular flexibility index (Phi) is 6.35. The standard InChI is InChI=1S/C13H19N3O3/c1-10-11(6-5-9-14-10)16-13(19)15-8-4-2-3-7-12(17)18/h5-6,9H,2-4,7-8H2,1H3,(H,17,18)(H2,15,16,19). The molecule has 0 bridgehead atoms. The number of rotatable bonds is 7. The lowest BCUT2D eigenvalue weighted by atomic mass is 10.2. The molecule has 0 aliphatic carbocycles. The van der Waals surface area contributed by atoms with Crippen LogP contribution in [-0.4, -0.2) is 28.6 Å². The number of carboxylic acid groups (broad SMARTS) is 1. The fourth-order valence-electron chi connectivity index (χ4n) is 1.56. The van der Waals surface area contributed by atoms with Crippen molar-refractivity contribution in [1.29, 1.82) is 0 Å². The molecule has 6 heteroatoms. The van der Waals surface area contributed by atoms with E-state index in [1.165, 1.54) is 0 Å². The fraction of sp³-hybridized carbons (Fsp3) is 0.462. The minimum absolute atomic E-state index is 0.182. The highest BCUT2D eigenvalue weighted by molar-refractivity contribution is 5.89. The highest BCUT2D eigenvalue weighted by atomic mass is 16.4. The maximum absolute atomic E-state index is 11.6. The Morgan fingerprint density at radius 1 is 1.32 bits per heavy atom. The number of unbranched alkanes of at least 4 members (excludes halogenated alkanes) is 2. The largest absolute Gasteiger partial charge is 0.481 e. The number of hydrogen-bond acceptors (Lipinski definition) is 3. The molecule has 0 radical (unpaired) electrons. The minimum Gasteiger partial charge on any atom is -0.481 e. The molecular weight excluding hydrogens is 246 g/mol. The third-order valence-corrected chi connectivity index (χ3v) is 2.61. The zero-order valence-electron chi connectivity index (χ0n) is 11.0. The van der Waals surface area contributed by atoms with Crippen molar-refractivity contribution in [3.8, 4) is 0 Å². The Balaban J connectivity index is 2.15. The number of carbonyl (C=O) groups is 2. The van der Waals surface area contributed by atoms with Gasteiger partial charge >= 0.3 is 12.0 Å². The Morgan fingerprint density at radius 3 is 2.79 bits per heavy atom. The number of aromatic nitrogens is 1. The normalized spacial score (nSPS) is 9.95. The second-order valence-electron chi connectivity index (χ2n) is 4.22. The first kappa shape index (κ1) is 14.9. The van der Waals surface area contributed by atoms with Gasteiger partial charge in [-0.05, 0) is 31.9 Å². The van der Waals surface area contributed by atoms with Crippen LogP contribution in [0.5, 0.6) is 0 Å². The average molecular weight is 265 g/mol. The van der Waals surface area contributed by atoms with Crippen molar-refractivity contribution in [3.05, 3.63) is 24.0 Å². The summed E-state index contributed by atoms with van der Waals surface area (Å²) in [5, 5.41) is 13.9. The molecule has 0 saturated carbocycles. The third kappa shape index (κ3) is 6.40. The van der Waals surface area contributed by atoms with Gasteiger partial charge < -0.3 is 15.7 Å². The SMILES string of the molecule is Cc1ncccc1NC(=O)NCCCCCC(=O)O. The highest BCUT2D eigenvalue weighted by Gasteiger charge is 2.03. The number of aryl methyl sites for hydroxylation is 1. The molecular formula is C13H19N3O3. The summed E-state index contributed by atoms with van der Waals surface area (Å²) in [5.74, 6) is -0.780. The lowest BCUT2D eigenvalue weighted by Gasteiger charge is -2.08. The molecule has 0 aromatic carbocycles. The summed E-state index contributed by atoms with van der Waals surface area (Å²) < 4.78 is 0. The van der Waals surface area contributed by atoms with Crippen LogP contribution < -0.4 is 10.6 Å². The van der Waals surface area contributed by atoms with Crippen LogP contribution in [0.3, 0.4) is 0 Å². The molecule has 0 aliphatic rings. The fourth-order valence-corrected chi connectivity index (χ4v) is 1.56. The van der Waals surface area contributed by atoms with E-state index in [4.69, 9.17) is 5.11 Å². The van der Waals surface area contributed by atoms with Gasteiger partial charge in [0.1, 0.15) is 0 Å². The number of urea groups is 1. The van der Waals surface area contributed by atoms with E-state index in [1.807, 2.05) is 6.92 Å². The van der Waals surface area contributed by atoms with Crippen LogP contribution in [0.4, 0.5) is 10.5 Å². The molecule has 2 amide bonds. The molecule has 1 rings (SSSR count). The van der Waals surface area contributed by atoms with E-state index in [0.29, 0.717) is 18.7 Å². The minimum atomic E-state index is -0.780. The molecule has 0 fully saturated rings. The number of nitrogens with one attached hydrogen (secondary N) is 2. The Labute approximate surface area is 112 Å². The van der Waals surface area contributed by atoms with Crippen molar-refractivity contribution in [2.45, 2.75) is 32.6 Å². The molecule has 1 aromatic rings. The maximum atomic E-state index is 11.6. The number of carboxylic acids is 1. The van der Waals surface area contributed by atoms with Crippen molar-refractivity contribution < 1.29 is 14.7 Å². The molecule has 3 N–H and O–H groups in total. The summed E-state index contributed by atoms with van der Waals surface area (Å²) >= 11 is 0. The number of hydrogen-bond donors (Lipinski definition) is 3. The van der Waals surface area contributed by atoms with Gasteiger partial charge in [0, 0.05) is 19.2 Å². The average Bonchev–Trinajstić information content (AvgIpc) is 2.36. The molecule has 0 spiro atoms. The Morgan fingerprint density at radius 2 is 2.11 bits per heavy atom. The van der Waals surface area contributed by atoms with E-state index in [2.05, 4.69) is 15.6 Å². The number of amides is 2. The number of anilines is 1. The predicted molar refractivity (Wildman–Crippen MR) is 72.1 cm³/mol. The Hall–Kier alpha value is -2.11. The third-order valence-electron chi connectivity index (χ3n) is 2.61. The van der Waals surface area contributed by atoms with Crippen LogP contribution in [0.15, 0.2) is 18.3 Å². The lowest BCUT2D eigenvalue weighted by molar-refractivity contribution is -0.137. The summed E-state index contributed by atoms with van der Waals surface area (Å²) in [6.45, 7) is 2.35. The van der Waals surface area contributed by atoms with Gasteiger partial charge in [0.2, 0.25) is 0 Å². The van der Waals surface area contributed by atoms with Crippen molar-refractivity contribution in [2.75, 3.05) is 11.9 Å². The highest BCUT2D eigenvalue weighted by Crippen LogP contribution is 2.09. The molecule has 19 heavy (non-hydrogen) atoms. The van der Waals surface area contributed by atoms with Crippen LogP contribution >= 0.6 is 0 Å². The van der Waals surface area contributed by atoms with Crippen molar-refractivity contribution >= 4 is 17.7 Å². The molecule has 0 atom stereocenters. The molecule has 0 unspecified atom stereocenters. The molecule has 1 aromatic heterocycles. The van der Waals surface area contributed by atoms with E-state index in [-0.39, 0.29) is 12.5 Å². The zero-order chi connectivity index (χ0) is 14.1.